The molecule has 0 aromatic carbocycles. The highest BCUT2D eigenvalue weighted by Crippen LogP contribution is 2.22. The van der Waals surface area contributed by atoms with Crippen LogP contribution >= 0.6 is 0 Å². The van der Waals surface area contributed by atoms with E-state index in [-0.39, 0.29) is 17.1 Å². The third-order valence-electron chi connectivity index (χ3n) is 2.85. The Bertz CT molecular complexity index is 507. The molecular weight excluding hydrogens is 246 g/mol. The van der Waals surface area contributed by atoms with Crippen molar-refractivity contribution < 1.29 is 4.92 Å². The van der Waals surface area contributed by atoms with Gasteiger partial charge in [0.15, 0.2) is 0 Å². The van der Waals surface area contributed by atoms with Gasteiger partial charge in [-0.05, 0) is 25.8 Å². The number of rotatable bonds is 7. The molecule has 0 saturated heterocycles. The predicted molar refractivity (Wildman–Crippen MR) is 69.7 cm³/mol. The molecule has 2 rings (SSSR count). The molecule has 1 heterocycles. The van der Waals surface area contributed by atoms with E-state index in [0.29, 0.717) is 12.6 Å². The number of aromatic nitrogens is 1. The average molecular weight is 261 g/mol. The van der Waals surface area contributed by atoms with Crippen LogP contribution in [0.25, 0.3) is 0 Å². The van der Waals surface area contributed by atoms with Crippen LogP contribution in [0.2, 0.25) is 0 Å². The summed E-state index contributed by atoms with van der Waals surface area (Å²) in [6.07, 6.45) is 4.69. The molecule has 0 aliphatic heterocycles. The minimum atomic E-state index is -0.529. The maximum atomic E-state index is 10.9. The molecule has 0 spiro atoms. The third kappa shape index (κ3) is 3.89. The lowest BCUT2D eigenvalue weighted by atomic mass is 10.2. The molecule has 0 amide bonds. The molecule has 1 aromatic heterocycles. The molecule has 2 N–H and O–H groups in total. The number of hydrogen-bond donors (Lipinski definition) is 2. The molecule has 0 bridgehead atoms. The van der Waals surface area contributed by atoms with Crippen LogP contribution in [-0.4, -0.2) is 29.0 Å². The number of nitro groups is 1. The molecule has 0 atom stereocenters. The second-order valence-electron chi connectivity index (χ2n) is 4.47. The summed E-state index contributed by atoms with van der Waals surface area (Å²) in [4.78, 5) is 14.3. The fourth-order valence-corrected chi connectivity index (χ4v) is 1.68. The lowest BCUT2D eigenvalue weighted by molar-refractivity contribution is -0.384. The zero-order valence-corrected chi connectivity index (χ0v) is 10.4. The van der Waals surface area contributed by atoms with Gasteiger partial charge in [0, 0.05) is 24.8 Å². The first-order chi connectivity index (χ1) is 9.20. The van der Waals surface area contributed by atoms with Crippen molar-refractivity contribution in [3.05, 3.63) is 27.9 Å². The number of anilines is 1. The van der Waals surface area contributed by atoms with Crippen molar-refractivity contribution in [1.29, 1.82) is 5.26 Å². The van der Waals surface area contributed by atoms with E-state index < -0.39 is 4.92 Å². The smallest absolute Gasteiger partial charge is 0.312 e. The number of nitrogens with one attached hydrogen (secondary N) is 2. The lowest BCUT2D eigenvalue weighted by Gasteiger charge is -2.06. The van der Waals surface area contributed by atoms with Crippen molar-refractivity contribution in [1.82, 2.24) is 10.3 Å². The molecule has 7 nitrogen and oxygen atoms in total. The van der Waals surface area contributed by atoms with Crippen LogP contribution in [0.1, 0.15) is 24.8 Å². The second kappa shape index (κ2) is 6.11. The van der Waals surface area contributed by atoms with Crippen molar-refractivity contribution in [2.75, 3.05) is 18.4 Å². The predicted octanol–water partition coefficient (Wildman–Crippen LogP) is 1.42. The van der Waals surface area contributed by atoms with Crippen LogP contribution in [0.3, 0.4) is 0 Å². The van der Waals surface area contributed by atoms with E-state index in [0.717, 1.165) is 13.0 Å². The minimum absolute atomic E-state index is 0.158. The average Bonchev–Trinajstić information content (AvgIpc) is 3.22. The van der Waals surface area contributed by atoms with Crippen molar-refractivity contribution >= 4 is 11.5 Å². The van der Waals surface area contributed by atoms with Gasteiger partial charge in [-0.15, -0.1) is 0 Å². The maximum absolute atomic E-state index is 10.9. The summed E-state index contributed by atoms with van der Waals surface area (Å²) >= 11 is 0. The van der Waals surface area contributed by atoms with Crippen molar-refractivity contribution in [2.45, 2.75) is 25.3 Å². The van der Waals surface area contributed by atoms with Crippen molar-refractivity contribution in [3.63, 3.8) is 0 Å². The molecule has 1 aliphatic rings. The van der Waals surface area contributed by atoms with E-state index in [1.165, 1.54) is 25.1 Å². The van der Waals surface area contributed by atoms with Crippen molar-refractivity contribution in [3.8, 4) is 6.07 Å². The van der Waals surface area contributed by atoms with E-state index in [9.17, 15) is 10.1 Å². The Morgan fingerprint density at radius 3 is 2.95 bits per heavy atom. The van der Waals surface area contributed by atoms with Crippen LogP contribution in [0.4, 0.5) is 11.5 Å². The Labute approximate surface area is 110 Å². The summed E-state index contributed by atoms with van der Waals surface area (Å²) in [5.74, 6) is 0.218. The molecule has 1 aromatic rings. The summed E-state index contributed by atoms with van der Waals surface area (Å²) in [6.45, 7) is 1.50. The molecule has 7 heteroatoms. The first-order valence-corrected chi connectivity index (χ1v) is 6.22. The maximum Gasteiger partial charge on any atom is 0.312 e. The molecule has 0 unspecified atom stereocenters. The standard InChI is InChI=1S/C12H15N5O2/c13-7-9-6-11(17(18)19)12(16-8-9)15-5-1-4-14-10-2-3-10/h6,8,10,14H,1-5H2,(H,15,16). The van der Waals surface area contributed by atoms with Gasteiger partial charge in [0.2, 0.25) is 5.82 Å². The summed E-state index contributed by atoms with van der Waals surface area (Å²) in [5.41, 5.74) is 0.0295. The molecule has 0 radical (unpaired) electrons. The summed E-state index contributed by atoms with van der Waals surface area (Å²) < 4.78 is 0. The van der Waals surface area contributed by atoms with Gasteiger partial charge in [-0.25, -0.2) is 4.98 Å². The van der Waals surface area contributed by atoms with Gasteiger partial charge in [-0.3, -0.25) is 10.1 Å². The highest BCUT2D eigenvalue weighted by atomic mass is 16.6. The number of nitriles is 1. The zero-order chi connectivity index (χ0) is 13.7. The molecule has 100 valence electrons. The van der Waals surface area contributed by atoms with Gasteiger partial charge in [-0.1, -0.05) is 0 Å². The summed E-state index contributed by atoms with van der Waals surface area (Å²) in [5, 5.41) is 25.9. The molecular formula is C12H15N5O2. The lowest BCUT2D eigenvalue weighted by Crippen LogP contribution is -2.20. The van der Waals surface area contributed by atoms with Gasteiger partial charge < -0.3 is 10.6 Å². The highest BCUT2D eigenvalue weighted by Gasteiger charge is 2.19. The quantitative estimate of drug-likeness (QED) is 0.437. The fourth-order valence-electron chi connectivity index (χ4n) is 1.68. The molecule has 1 fully saturated rings. The largest absolute Gasteiger partial charge is 0.364 e. The minimum Gasteiger partial charge on any atom is -0.364 e. The van der Waals surface area contributed by atoms with Gasteiger partial charge in [0.25, 0.3) is 0 Å². The first-order valence-electron chi connectivity index (χ1n) is 6.22. The summed E-state index contributed by atoms with van der Waals surface area (Å²) in [6, 6.07) is 3.74. The van der Waals surface area contributed by atoms with Gasteiger partial charge >= 0.3 is 5.69 Å². The Morgan fingerprint density at radius 1 is 1.53 bits per heavy atom. The van der Waals surface area contributed by atoms with Crippen LogP contribution < -0.4 is 10.6 Å². The number of nitrogens with zero attached hydrogens (tertiary/aromatic N) is 3. The SMILES string of the molecule is N#Cc1cnc(NCCCNC2CC2)c([N+](=O)[O-])c1. The fraction of sp³-hybridized carbons (Fsp3) is 0.500. The van der Waals surface area contributed by atoms with Gasteiger partial charge in [0.1, 0.15) is 6.07 Å². The number of pyridine rings is 1. The van der Waals surface area contributed by atoms with Crippen molar-refractivity contribution in [2.24, 2.45) is 0 Å². The normalized spacial score (nSPS) is 13.8. The van der Waals surface area contributed by atoms with E-state index in [1.54, 1.807) is 0 Å². The van der Waals surface area contributed by atoms with Crippen LogP contribution in [0.5, 0.6) is 0 Å². The van der Waals surface area contributed by atoms with Crippen LogP contribution in [0.15, 0.2) is 12.3 Å². The number of hydrogen-bond acceptors (Lipinski definition) is 6. The van der Waals surface area contributed by atoms with Gasteiger partial charge in [0.05, 0.1) is 10.5 Å². The van der Waals surface area contributed by atoms with Gasteiger partial charge in [-0.2, -0.15) is 5.26 Å². The van der Waals surface area contributed by atoms with E-state index in [2.05, 4.69) is 15.6 Å². The zero-order valence-electron chi connectivity index (χ0n) is 10.4. The first kappa shape index (κ1) is 13.2. The Morgan fingerprint density at radius 2 is 2.32 bits per heavy atom. The second-order valence-corrected chi connectivity index (χ2v) is 4.47. The molecule has 19 heavy (non-hydrogen) atoms. The van der Waals surface area contributed by atoms with E-state index >= 15 is 0 Å². The Kier molecular flexibility index (Phi) is 4.26. The van der Waals surface area contributed by atoms with Crippen LogP contribution in [0, 0.1) is 21.4 Å². The topological polar surface area (TPSA) is 104 Å². The third-order valence-corrected chi connectivity index (χ3v) is 2.85. The molecule has 1 saturated carbocycles. The Hall–Kier alpha value is -2.20. The molecule has 1 aliphatic carbocycles. The van der Waals surface area contributed by atoms with E-state index in [1.807, 2.05) is 6.07 Å². The highest BCUT2D eigenvalue weighted by molar-refractivity contribution is 5.58. The Balaban J connectivity index is 1.87. The van der Waals surface area contributed by atoms with Crippen LogP contribution in [-0.2, 0) is 0 Å². The monoisotopic (exact) mass is 261 g/mol. The summed E-state index contributed by atoms with van der Waals surface area (Å²) in [7, 11) is 0. The van der Waals surface area contributed by atoms with E-state index in [4.69, 9.17) is 5.26 Å².